The van der Waals surface area contributed by atoms with Gasteiger partial charge in [-0.3, -0.25) is 19.0 Å². The van der Waals surface area contributed by atoms with Crippen molar-refractivity contribution in [3.05, 3.63) is 10.4 Å². The number of nitrogens with two attached hydrogens (primary N) is 1. The van der Waals surface area contributed by atoms with Crippen molar-refractivity contribution in [3.8, 4) is 0 Å². The van der Waals surface area contributed by atoms with E-state index in [0.717, 1.165) is 0 Å². The third-order valence-electron chi connectivity index (χ3n) is 3.84. The highest BCUT2D eigenvalue weighted by Gasteiger charge is 2.31. The van der Waals surface area contributed by atoms with Crippen LogP contribution >= 0.6 is 23.2 Å². The summed E-state index contributed by atoms with van der Waals surface area (Å²) in [5.74, 6) is -3.60. The number of carbonyl (C=O) groups is 3. The molecule has 2 rings (SSSR count). The zero-order chi connectivity index (χ0) is 22.3. The number of nitrogens with zero attached hydrogens (tertiary/aromatic N) is 4. The standard InChI is InChI=1S/C17H21Cl2N5O6/c1-3-28-14(26)9(15(27)29-4-2)8-30-10(25)6-5-7-24-13-11(21-16(24)19)12(18)22-17(20)23-13/h9H,3-8H2,1-2H3,(H2,20,22,23). The van der Waals surface area contributed by atoms with Crippen molar-refractivity contribution in [2.75, 3.05) is 25.6 Å². The van der Waals surface area contributed by atoms with Gasteiger partial charge in [0.05, 0.1) is 13.2 Å². The number of hydrogen-bond acceptors (Lipinski definition) is 10. The molecule has 0 aliphatic carbocycles. The van der Waals surface area contributed by atoms with Crippen LogP contribution in [0.25, 0.3) is 11.2 Å². The normalized spacial score (nSPS) is 11.0. The van der Waals surface area contributed by atoms with Crippen LogP contribution in [0.1, 0.15) is 26.7 Å². The number of hydrogen-bond donors (Lipinski definition) is 1. The van der Waals surface area contributed by atoms with E-state index in [9.17, 15) is 14.4 Å². The van der Waals surface area contributed by atoms with Gasteiger partial charge in [0.15, 0.2) is 16.7 Å². The fourth-order valence-electron chi connectivity index (χ4n) is 2.50. The molecule has 0 fully saturated rings. The lowest BCUT2D eigenvalue weighted by molar-refractivity contribution is -0.166. The van der Waals surface area contributed by atoms with Crippen molar-refractivity contribution >= 4 is 58.2 Å². The molecule has 30 heavy (non-hydrogen) atoms. The number of halogens is 2. The van der Waals surface area contributed by atoms with Crippen LogP contribution in [0.3, 0.4) is 0 Å². The van der Waals surface area contributed by atoms with Crippen molar-refractivity contribution in [2.45, 2.75) is 33.2 Å². The first-order valence-corrected chi connectivity index (χ1v) is 9.87. The molecule has 0 atom stereocenters. The first-order chi connectivity index (χ1) is 14.3. The highest BCUT2D eigenvalue weighted by molar-refractivity contribution is 6.34. The smallest absolute Gasteiger partial charge is 0.323 e. The molecule has 2 aromatic heterocycles. The molecule has 2 N–H and O–H groups in total. The second-order valence-corrected chi connectivity index (χ2v) is 6.62. The van der Waals surface area contributed by atoms with Crippen molar-refractivity contribution < 1.29 is 28.6 Å². The number of fused-ring (bicyclic) bond motifs is 1. The van der Waals surface area contributed by atoms with Gasteiger partial charge < -0.3 is 19.9 Å². The summed E-state index contributed by atoms with van der Waals surface area (Å²) in [5, 5.41) is 0.186. The van der Waals surface area contributed by atoms with Gasteiger partial charge >= 0.3 is 17.9 Å². The molecule has 0 saturated carbocycles. The van der Waals surface area contributed by atoms with Crippen LogP contribution in [0.5, 0.6) is 0 Å². The molecule has 0 bridgehead atoms. The monoisotopic (exact) mass is 461 g/mol. The fraction of sp³-hybridized carbons (Fsp3) is 0.529. The Morgan fingerprint density at radius 3 is 2.27 bits per heavy atom. The summed E-state index contributed by atoms with van der Waals surface area (Å²) in [5.41, 5.74) is 6.24. The number of rotatable bonds is 10. The first kappa shape index (κ1) is 23.6. The molecular formula is C17H21Cl2N5O6. The number of aromatic nitrogens is 4. The van der Waals surface area contributed by atoms with E-state index >= 15 is 0 Å². The highest BCUT2D eigenvalue weighted by Crippen LogP contribution is 2.24. The fourth-order valence-corrected chi connectivity index (χ4v) is 2.97. The predicted molar refractivity (Wildman–Crippen MR) is 107 cm³/mol. The van der Waals surface area contributed by atoms with Gasteiger partial charge in [-0.15, -0.1) is 0 Å². The summed E-state index contributed by atoms with van der Waals surface area (Å²) in [7, 11) is 0. The number of ether oxygens (including phenoxy) is 3. The summed E-state index contributed by atoms with van der Waals surface area (Å²) >= 11 is 12.1. The molecule has 13 heteroatoms. The van der Waals surface area contributed by atoms with Crippen molar-refractivity contribution in [1.82, 2.24) is 19.5 Å². The number of carbonyl (C=O) groups excluding carboxylic acids is 3. The molecular weight excluding hydrogens is 441 g/mol. The molecule has 0 amide bonds. The molecule has 0 saturated heterocycles. The van der Waals surface area contributed by atoms with Crippen molar-refractivity contribution in [2.24, 2.45) is 5.92 Å². The Bertz CT molecular complexity index is 917. The van der Waals surface area contributed by atoms with Crippen LogP contribution in [0, 0.1) is 5.92 Å². The Morgan fingerprint density at radius 2 is 1.67 bits per heavy atom. The van der Waals surface area contributed by atoms with E-state index < -0.39 is 30.4 Å². The molecule has 0 aliphatic heterocycles. The van der Waals surface area contributed by atoms with Gasteiger partial charge in [-0.25, -0.2) is 4.98 Å². The maximum atomic E-state index is 12.0. The number of imidazole rings is 1. The van der Waals surface area contributed by atoms with E-state index in [1.54, 1.807) is 13.8 Å². The average Bonchev–Trinajstić information content (AvgIpc) is 2.98. The second-order valence-electron chi connectivity index (χ2n) is 5.92. The summed E-state index contributed by atoms with van der Waals surface area (Å²) in [6, 6.07) is 0. The third kappa shape index (κ3) is 5.92. The number of anilines is 1. The Kier molecular flexibility index (Phi) is 8.60. The van der Waals surface area contributed by atoms with E-state index in [2.05, 4.69) is 15.0 Å². The lowest BCUT2D eigenvalue weighted by Crippen LogP contribution is -2.33. The molecule has 0 spiro atoms. The topological polar surface area (TPSA) is 149 Å². The van der Waals surface area contributed by atoms with Crippen LogP contribution < -0.4 is 5.73 Å². The first-order valence-electron chi connectivity index (χ1n) is 9.12. The van der Waals surface area contributed by atoms with Gasteiger partial charge in [-0.05, 0) is 31.9 Å². The molecule has 0 radical (unpaired) electrons. The lowest BCUT2D eigenvalue weighted by atomic mass is 10.1. The van der Waals surface area contributed by atoms with Gasteiger partial charge in [-0.2, -0.15) is 9.97 Å². The van der Waals surface area contributed by atoms with E-state index in [1.807, 2.05) is 0 Å². The predicted octanol–water partition coefficient (Wildman–Crippen LogP) is 1.78. The Balaban J connectivity index is 1.93. The van der Waals surface area contributed by atoms with Crippen LogP contribution in [0.15, 0.2) is 0 Å². The van der Waals surface area contributed by atoms with E-state index in [-0.39, 0.29) is 42.6 Å². The zero-order valence-corrected chi connectivity index (χ0v) is 17.9. The second kappa shape index (κ2) is 10.9. The van der Waals surface area contributed by atoms with Gasteiger partial charge in [0.2, 0.25) is 11.2 Å². The van der Waals surface area contributed by atoms with Crippen LogP contribution in [-0.4, -0.2) is 57.2 Å². The molecule has 2 heterocycles. The number of esters is 3. The maximum absolute atomic E-state index is 12.0. The SMILES string of the molecule is CCOC(=O)C(COC(=O)CCCn1c(Cl)nc2c(Cl)nc(N)nc21)C(=O)OCC. The Morgan fingerprint density at radius 1 is 1.03 bits per heavy atom. The molecule has 2 aromatic rings. The quantitative estimate of drug-likeness (QED) is 0.182. The van der Waals surface area contributed by atoms with E-state index in [0.29, 0.717) is 17.6 Å². The van der Waals surface area contributed by atoms with Crippen LogP contribution in [0.4, 0.5) is 5.95 Å². The number of nitrogen functional groups attached to an aromatic ring is 1. The summed E-state index contributed by atoms with van der Waals surface area (Å²) in [6.07, 6.45) is 0.303. The largest absolute Gasteiger partial charge is 0.465 e. The Hall–Kier alpha value is -2.66. The molecule has 11 nitrogen and oxygen atoms in total. The minimum absolute atomic E-state index is 0.0112. The lowest BCUT2D eigenvalue weighted by Gasteiger charge is -2.14. The molecule has 0 aliphatic rings. The van der Waals surface area contributed by atoms with Gasteiger partial charge in [-0.1, -0.05) is 11.6 Å². The van der Waals surface area contributed by atoms with Gasteiger partial charge in [0, 0.05) is 13.0 Å². The Labute approximate surface area is 181 Å². The molecule has 0 unspecified atom stereocenters. The maximum Gasteiger partial charge on any atom is 0.323 e. The van der Waals surface area contributed by atoms with Gasteiger partial charge in [0.25, 0.3) is 0 Å². The van der Waals surface area contributed by atoms with Crippen molar-refractivity contribution in [3.63, 3.8) is 0 Å². The minimum Gasteiger partial charge on any atom is -0.465 e. The molecule has 164 valence electrons. The van der Waals surface area contributed by atoms with Crippen LogP contribution in [-0.2, 0) is 35.1 Å². The summed E-state index contributed by atoms with van der Waals surface area (Å²) in [4.78, 5) is 47.8. The minimum atomic E-state index is -1.33. The third-order valence-corrected chi connectivity index (χ3v) is 4.39. The van der Waals surface area contributed by atoms with E-state index in [4.69, 9.17) is 43.1 Å². The average molecular weight is 462 g/mol. The highest BCUT2D eigenvalue weighted by atomic mass is 35.5. The van der Waals surface area contributed by atoms with Crippen LogP contribution in [0.2, 0.25) is 10.4 Å². The summed E-state index contributed by atoms with van der Waals surface area (Å²) in [6.45, 7) is 3.17. The van der Waals surface area contributed by atoms with Gasteiger partial charge in [0.1, 0.15) is 12.1 Å². The number of aryl methyl sites for hydroxylation is 1. The zero-order valence-electron chi connectivity index (χ0n) is 16.4. The van der Waals surface area contributed by atoms with E-state index in [1.165, 1.54) is 4.57 Å². The van der Waals surface area contributed by atoms with Crippen molar-refractivity contribution in [1.29, 1.82) is 0 Å². The molecule has 0 aromatic carbocycles. The summed E-state index contributed by atoms with van der Waals surface area (Å²) < 4.78 is 16.2.